The van der Waals surface area contributed by atoms with Gasteiger partial charge >= 0.3 is 24.0 Å². The Hall–Kier alpha value is -6.79. The van der Waals surface area contributed by atoms with Crippen LogP contribution in [0.1, 0.15) is 113 Å². The molecule has 0 spiro atoms. The van der Waals surface area contributed by atoms with Crippen LogP contribution in [0, 0.1) is 5.92 Å². The molecule has 0 saturated carbocycles. The fourth-order valence-corrected chi connectivity index (χ4v) is 6.61. The number of benzene rings is 2. The molecule has 372 valence electrons. The zero-order valence-electron chi connectivity index (χ0n) is 41.0. The van der Waals surface area contributed by atoms with Crippen molar-refractivity contribution in [2.75, 3.05) is 18.0 Å². The molecule has 0 saturated heterocycles. The summed E-state index contributed by atoms with van der Waals surface area (Å²) in [5, 5.41) is 8.07. The van der Waals surface area contributed by atoms with Crippen molar-refractivity contribution in [2.45, 2.75) is 150 Å². The van der Waals surface area contributed by atoms with E-state index in [1.165, 1.54) is 4.90 Å². The van der Waals surface area contributed by atoms with Gasteiger partial charge in [0.1, 0.15) is 48.1 Å². The number of hydrogen-bond acceptors (Lipinski definition) is 13. The van der Waals surface area contributed by atoms with E-state index in [4.69, 9.17) is 18.9 Å². The van der Waals surface area contributed by atoms with Gasteiger partial charge in [-0.15, -0.1) is 0 Å². The first-order valence-corrected chi connectivity index (χ1v) is 22.5. The number of ether oxygens (including phenoxy) is 4. The van der Waals surface area contributed by atoms with Crippen LogP contribution in [-0.4, -0.2) is 107 Å². The summed E-state index contributed by atoms with van der Waals surface area (Å²) >= 11 is 0. The minimum absolute atomic E-state index is 0.171. The van der Waals surface area contributed by atoms with Crippen molar-refractivity contribution in [3.8, 4) is 0 Å². The van der Waals surface area contributed by atoms with Crippen LogP contribution in [0.25, 0.3) is 0 Å². The molecule has 68 heavy (non-hydrogen) atoms. The number of nitrogens with one attached hydrogen (secondary N) is 4. The summed E-state index contributed by atoms with van der Waals surface area (Å²) in [7, 11) is 0. The third-order valence-corrected chi connectivity index (χ3v) is 9.51. The van der Waals surface area contributed by atoms with Crippen molar-refractivity contribution >= 4 is 59.2 Å². The Morgan fingerprint density at radius 2 is 1.25 bits per heavy atom. The topological polar surface area (TPSA) is 245 Å². The Bertz CT molecular complexity index is 2150. The number of hydrazine groups is 1. The quantitative estimate of drug-likeness (QED) is 0.0697. The van der Waals surface area contributed by atoms with Crippen molar-refractivity contribution in [2.24, 2.45) is 5.92 Å². The summed E-state index contributed by atoms with van der Waals surface area (Å²) in [5.74, 6) is -7.64. The highest BCUT2D eigenvalue weighted by atomic mass is 16.6. The third kappa shape index (κ3) is 20.0. The van der Waals surface area contributed by atoms with Gasteiger partial charge < -0.3 is 39.8 Å². The molecule has 0 fully saturated rings. The van der Waals surface area contributed by atoms with E-state index in [1.807, 2.05) is 12.1 Å². The first kappa shape index (κ1) is 55.5. The van der Waals surface area contributed by atoms with Crippen molar-refractivity contribution in [1.29, 1.82) is 0 Å². The number of para-hydroxylation sites is 1. The number of amides is 6. The van der Waals surface area contributed by atoms with E-state index in [2.05, 4.69) is 21.4 Å². The lowest BCUT2D eigenvalue weighted by Gasteiger charge is -2.30. The van der Waals surface area contributed by atoms with Gasteiger partial charge in [0.25, 0.3) is 17.7 Å². The smallest absolute Gasteiger partial charge is 0.408 e. The standard InChI is InChI=1S/C49H68N6O13/c1-31(2)42(45(63)53-55(29-41(60)68-49(9,10)11)38(57)25-24-37(56)54-27-17-21-33-20-15-16-22-36(33)54)52-43(61)34(23-26-39(58)66-47(3,4)5)50-44(62)35(28-40(59)67-48(6,7)8)51-46(64)65-30-32-18-13-12-14-19-32/h12-16,18-20,22,24-25,31,34-35,42H,17,21,23,26-30H2,1-11H3,(H,50,62)(H,51,64)(H,52,61)(H,53,63)/b25-24+/t34-,35-,42-/m0/s1. The summed E-state index contributed by atoms with van der Waals surface area (Å²) in [4.78, 5) is 123. The van der Waals surface area contributed by atoms with Gasteiger partial charge in [0, 0.05) is 30.8 Å². The molecule has 3 rings (SSSR count). The molecule has 0 aliphatic carbocycles. The van der Waals surface area contributed by atoms with Crippen LogP contribution >= 0.6 is 0 Å². The molecule has 1 aliphatic heterocycles. The van der Waals surface area contributed by atoms with Crippen LogP contribution in [0.15, 0.2) is 66.7 Å². The Morgan fingerprint density at radius 3 is 1.87 bits per heavy atom. The van der Waals surface area contributed by atoms with Crippen LogP contribution in [0.3, 0.4) is 0 Å². The number of nitrogens with zero attached hydrogens (tertiary/aromatic N) is 2. The van der Waals surface area contributed by atoms with E-state index in [0.717, 1.165) is 24.1 Å². The summed E-state index contributed by atoms with van der Waals surface area (Å²) in [6.07, 6.45) is 0.899. The van der Waals surface area contributed by atoms with E-state index in [0.29, 0.717) is 29.2 Å². The SMILES string of the molecule is CC(C)[C@H](NC(=O)[C@H](CCC(=O)OC(C)(C)C)NC(=O)[C@H](CC(=O)OC(C)(C)C)NC(=O)OCc1ccccc1)C(=O)NN(CC(=O)OC(C)(C)C)C(=O)/C=C/C(=O)N1CCCc2ccccc21. The predicted molar refractivity (Wildman–Crippen MR) is 250 cm³/mol. The molecule has 0 aromatic heterocycles. The molecule has 4 N–H and O–H groups in total. The first-order chi connectivity index (χ1) is 31.6. The second-order valence-corrected chi connectivity index (χ2v) is 19.5. The van der Waals surface area contributed by atoms with Crippen molar-refractivity contribution < 1.29 is 62.1 Å². The van der Waals surface area contributed by atoms with Crippen LogP contribution in [0.2, 0.25) is 0 Å². The Balaban J connectivity index is 1.90. The van der Waals surface area contributed by atoms with Gasteiger partial charge in [-0.2, -0.15) is 0 Å². The molecular formula is C49H68N6O13. The van der Waals surface area contributed by atoms with E-state index < -0.39 is 114 Å². The number of alkyl carbamates (subject to hydrolysis) is 1. The van der Waals surface area contributed by atoms with Gasteiger partial charge in [0.15, 0.2) is 0 Å². The number of rotatable bonds is 18. The molecule has 0 radical (unpaired) electrons. The average molecular weight is 949 g/mol. The van der Waals surface area contributed by atoms with Gasteiger partial charge in [-0.25, -0.2) is 9.80 Å². The molecule has 19 heteroatoms. The number of esters is 3. The van der Waals surface area contributed by atoms with Gasteiger partial charge in [-0.3, -0.25) is 43.8 Å². The summed E-state index contributed by atoms with van der Waals surface area (Å²) < 4.78 is 21.5. The number of aryl methyl sites for hydroxylation is 1. The Morgan fingerprint density at radius 1 is 0.676 bits per heavy atom. The molecule has 3 atom stereocenters. The third-order valence-electron chi connectivity index (χ3n) is 9.51. The minimum Gasteiger partial charge on any atom is -0.460 e. The Kier molecular flexibility index (Phi) is 20.3. The number of hydrogen-bond donors (Lipinski definition) is 4. The Labute approximate surface area is 398 Å². The van der Waals surface area contributed by atoms with Gasteiger partial charge in [0.2, 0.25) is 11.8 Å². The molecule has 2 aromatic rings. The zero-order valence-corrected chi connectivity index (χ0v) is 41.0. The van der Waals surface area contributed by atoms with E-state index in [9.17, 15) is 43.2 Å². The second kappa shape index (κ2) is 24.8. The molecule has 0 unspecified atom stereocenters. The van der Waals surface area contributed by atoms with E-state index in [-0.39, 0.29) is 13.0 Å². The second-order valence-electron chi connectivity index (χ2n) is 19.5. The molecule has 0 bridgehead atoms. The molecule has 1 heterocycles. The fraction of sp³-hybridized carbons (Fsp3) is 0.531. The predicted octanol–water partition coefficient (Wildman–Crippen LogP) is 4.50. The molecule has 6 amide bonds. The normalized spacial score (nSPS) is 14.0. The average Bonchev–Trinajstić information content (AvgIpc) is 3.22. The molecular weight excluding hydrogens is 881 g/mol. The zero-order chi connectivity index (χ0) is 51.0. The largest absolute Gasteiger partial charge is 0.460 e. The van der Waals surface area contributed by atoms with Gasteiger partial charge in [0.05, 0.1) is 6.42 Å². The fourth-order valence-electron chi connectivity index (χ4n) is 6.61. The number of carbonyl (C=O) groups excluding carboxylic acids is 9. The maximum Gasteiger partial charge on any atom is 0.408 e. The van der Waals surface area contributed by atoms with Gasteiger partial charge in [-0.1, -0.05) is 62.4 Å². The maximum absolute atomic E-state index is 14.2. The lowest BCUT2D eigenvalue weighted by Crippen LogP contribution is -2.60. The lowest BCUT2D eigenvalue weighted by atomic mass is 10.0. The molecule has 1 aliphatic rings. The first-order valence-electron chi connectivity index (χ1n) is 22.5. The van der Waals surface area contributed by atoms with Crippen LogP contribution in [0.5, 0.6) is 0 Å². The van der Waals surface area contributed by atoms with Crippen molar-refractivity contribution in [1.82, 2.24) is 26.4 Å². The highest BCUT2D eigenvalue weighted by Gasteiger charge is 2.35. The summed E-state index contributed by atoms with van der Waals surface area (Å²) in [5.41, 5.74) is 1.85. The van der Waals surface area contributed by atoms with E-state index >= 15 is 0 Å². The van der Waals surface area contributed by atoms with Crippen LogP contribution in [-0.2, 0) is 70.3 Å². The summed E-state index contributed by atoms with van der Waals surface area (Å²) in [6.45, 7) is 17.2. The van der Waals surface area contributed by atoms with E-state index in [1.54, 1.807) is 119 Å². The highest BCUT2D eigenvalue weighted by molar-refractivity contribution is 6.06. The minimum atomic E-state index is -1.65. The van der Waals surface area contributed by atoms with Crippen LogP contribution < -0.4 is 26.3 Å². The van der Waals surface area contributed by atoms with Crippen molar-refractivity contribution in [3.05, 3.63) is 77.9 Å². The molecule has 19 nitrogen and oxygen atoms in total. The van der Waals surface area contributed by atoms with Gasteiger partial charge in [-0.05, 0) is 105 Å². The van der Waals surface area contributed by atoms with Crippen LogP contribution in [0.4, 0.5) is 10.5 Å². The lowest BCUT2D eigenvalue weighted by molar-refractivity contribution is -0.161. The monoisotopic (exact) mass is 948 g/mol. The maximum atomic E-state index is 14.2. The number of anilines is 1. The molecule has 2 aromatic carbocycles. The number of fused-ring (bicyclic) bond motifs is 1. The van der Waals surface area contributed by atoms with Crippen molar-refractivity contribution in [3.63, 3.8) is 0 Å². The summed E-state index contributed by atoms with van der Waals surface area (Å²) in [6, 6.07) is 11.4. The number of carbonyl (C=O) groups is 9. The highest BCUT2D eigenvalue weighted by Crippen LogP contribution is 2.27.